The zero-order valence-corrected chi connectivity index (χ0v) is 20.1. The van der Waals surface area contributed by atoms with E-state index in [4.69, 9.17) is 10.1 Å². The molecule has 2 heterocycles. The summed E-state index contributed by atoms with van der Waals surface area (Å²) < 4.78 is 6.19. The topological polar surface area (TPSA) is 98.3 Å². The van der Waals surface area contributed by atoms with Gasteiger partial charge in [-0.15, -0.1) is 0 Å². The van der Waals surface area contributed by atoms with E-state index in [9.17, 15) is 9.59 Å². The molecule has 7 nitrogen and oxygen atoms in total. The van der Waals surface area contributed by atoms with E-state index < -0.39 is 0 Å². The number of carbonyl (C=O) groups excluding carboxylic acids is 2. The summed E-state index contributed by atoms with van der Waals surface area (Å²) in [5.41, 5.74) is 2.73. The van der Waals surface area contributed by atoms with E-state index in [0.717, 1.165) is 42.1 Å². The number of ether oxygens (including phenoxy) is 1. The molecule has 3 aromatic rings. The number of benzene rings is 2. The summed E-state index contributed by atoms with van der Waals surface area (Å²) in [6.45, 7) is 4.71. The summed E-state index contributed by atoms with van der Waals surface area (Å²) in [7, 11) is 0. The molecule has 1 atom stereocenters. The van der Waals surface area contributed by atoms with Gasteiger partial charge in [-0.05, 0) is 80.1 Å². The van der Waals surface area contributed by atoms with Crippen molar-refractivity contribution in [1.29, 1.82) is 5.41 Å². The zero-order chi connectivity index (χ0) is 24.5. The summed E-state index contributed by atoms with van der Waals surface area (Å²) in [4.78, 5) is 30.7. The molecule has 1 aliphatic carbocycles. The number of likely N-dealkylation sites (tertiary alicyclic amines) is 1. The molecule has 1 saturated heterocycles. The van der Waals surface area contributed by atoms with Crippen molar-refractivity contribution in [2.45, 2.75) is 51.6 Å². The third-order valence-electron chi connectivity index (χ3n) is 7.20. The van der Waals surface area contributed by atoms with Crippen LogP contribution in [-0.2, 0) is 0 Å². The van der Waals surface area contributed by atoms with Gasteiger partial charge in [0.1, 0.15) is 5.75 Å². The third-order valence-corrected chi connectivity index (χ3v) is 7.20. The van der Waals surface area contributed by atoms with Crippen LogP contribution in [0.25, 0.3) is 16.5 Å². The number of H-pyrrole nitrogens is 1. The number of hydrogen-bond donors (Lipinski definition) is 3. The molecule has 1 aliphatic heterocycles. The lowest BCUT2D eigenvalue weighted by atomic mass is 9.92. The van der Waals surface area contributed by atoms with E-state index >= 15 is 0 Å². The summed E-state index contributed by atoms with van der Waals surface area (Å²) in [6, 6.07) is 11.8. The van der Waals surface area contributed by atoms with Gasteiger partial charge in [0.15, 0.2) is 5.76 Å². The van der Waals surface area contributed by atoms with Crippen LogP contribution in [0.1, 0.15) is 64.6 Å². The second-order valence-corrected chi connectivity index (χ2v) is 9.43. The maximum Gasteiger partial charge on any atom is 0.255 e. The highest BCUT2D eigenvalue weighted by Gasteiger charge is 2.31. The van der Waals surface area contributed by atoms with E-state index in [1.807, 2.05) is 48.2 Å². The highest BCUT2D eigenvalue weighted by Crippen LogP contribution is 2.30. The molecule has 180 valence electrons. The first-order valence-corrected chi connectivity index (χ1v) is 12.2. The first-order valence-electron chi connectivity index (χ1n) is 12.2. The van der Waals surface area contributed by atoms with Crippen molar-refractivity contribution in [2.75, 3.05) is 6.54 Å². The molecule has 7 heteroatoms. The number of carbonyl (C=O) groups is 2. The smallest absolute Gasteiger partial charge is 0.255 e. The number of nitrogens with zero attached hydrogens (tertiary/aromatic N) is 1. The minimum atomic E-state index is -0.0471. The number of aromatic nitrogens is 1. The van der Waals surface area contributed by atoms with Gasteiger partial charge < -0.3 is 25.3 Å². The van der Waals surface area contributed by atoms with Crippen LogP contribution in [0.4, 0.5) is 0 Å². The Morgan fingerprint density at radius 1 is 1.17 bits per heavy atom. The van der Waals surface area contributed by atoms with Gasteiger partial charge in [0.05, 0.1) is 11.3 Å². The summed E-state index contributed by atoms with van der Waals surface area (Å²) >= 11 is 0. The number of nitrogens with one attached hydrogen (secondary N) is 3. The summed E-state index contributed by atoms with van der Waals surface area (Å²) in [6.07, 6.45) is 8.71. The maximum absolute atomic E-state index is 12.9. The van der Waals surface area contributed by atoms with Gasteiger partial charge in [0.2, 0.25) is 0 Å². The molecule has 35 heavy (non-hydrogen) atoms. The van der Waals surface area contributed by atoms with Crippen molar-refractivity contribution in [3.8, 4) is 5.75 Å². The normalized spacial score (nSPS) is 18.1. The minimum Gasteiger partial charge on any atom is -0.455 e. The number of amides is 2. The quantitative estimate of drug-likeness (QED) is 0.332. The largest absolute Gasteiger partial charge is 0.455 e. The molecule has 2 amide bonds. The molecule has 5 rings (SSSR count). The van der Waals surface area contributed by atoms with E-state index in [-0.39, 0.29) is 23.9 Å². The Bertz CT molecular complexity index is 1340. The van der Waals surface area contributed by atoms with Crippen molar-refractivity contribution in [3.05, 3.63) is 71.1 Å². The molecule has 0 radical (unpaired) electrons. The summed E-state index contributed by atoms with van der Waals surface area (Å²) in [5.74, 6) is 0.997. The number of aromatic amines is 1. The monoisotopic (exact) mass is 470 g/mol. The van der Waals surface area contributed by atoms with E-state index in [1.165, 1.54) is 12.6 Å². The number of allylic oxidation sites excluding steroid dienone is 1. The SMILES string of the molecule is Cc1c(C(=O)N2CCC2C)c[nH]c1/C(=C\C=N)Oc1ccc2c(C(=O)NC3CCC3)cccc2c1. The Balaban J connectivity index is 1.40. The minimum absolute atomic E-state index is 0.0105. The van der Waals surface area contributed by atoms with E-state index in [2.05, 4.69) is 17.2 Å². The molecular formula is C28H30N4O3. The molecule has 3 N–H and O–H groups in total. The zero-order valence-electron chi connectivity index (χ0n) is 20.1. The molecule has 1 aromatic heterocycles. The van der Waals surface area contributed by atoms with Crippen molar-refractivity contribution in [3.63, 3.8) is 0 Å². The Kier molecular flexibility index (Phi) is 6.16. The van der Waals surface area contributed by atoms with Gasteiger partial charge in [-0.25, -0.2) is 0 Å². The van der Waals surface area contributed by atoms with E-state index in [1.54, 1.807) is 12.3 Å². The van der Waals surface area contributed by atoms with Crippen LogP contribution < -0.4 is 10.1 Å². The van der Waals surface area contributed by atoms with Crippen LogP contribution in [0.5, 0.6) is 5.75 Å². The lowest BCUT2D eigenvalue weighted by molar-refractivity contribution is 0.0501. The maximum atomic E-state index is 12.9. The van der Waals surface area contributed by atoms with Crippen LogP contribution in [0, 0.1) is 12.3 Å². The fraction of sp³-hybridized carbons (Fsp3) is 0.321. The molecular weight excluding hydrogens is 440 g/mol. The van der Waals surface area contributed by atoms with Crippen LogP contribution in [0.3, 0.4) is 0 Å². The van der Waals surface area contributed by atoms with Gasteiger partial charge in [-0.1, -0.05) is 12.1 Å². The first-order chi connectivity index (χ1) is 17.0. The summed E-state index contributed by atoms with van der Waals surface area (Å²) in [5, 5.41) is 12.5. The fourth-order valence-corrected chi connectivity index (χ4v) is 4.66. The van der Waals surface area contributed by atoms with Crippen LogP contribution in [0.2, 0.25) is 0 Å². The molecule has 2 fully saturated rings. The molecule has 0 spiro atoms. The Hall–Kier alpha value is -3.87. The van der Waals surface area contributed by atoms with Gasteiger partial charge in [-0.2, -0.15) is 0 Å². The molecule has 0 bridgehead atoms. The standard InChI is InChI=1S/C28H30N4O3/c1-17-12-14-32(17)28(34)24-16-30-26(18(24)2)25(11-13-29)35-21-9-10-22-19(15-21)5-3-8-23(22)27(33)31-20-6-4-7-20/h3,5,8-11,13,15-17,20,29-30H,4,6-7,12,14H2,1-2H3,(H,31,33)/b25-11+,29-13?. The Labute approximate surface area is 204 Å². The predicted molar refractivity (Wildman–Crippen MR) is 137 cm³/mol. The number of hydrogen-bond acceptors (Lipinski definition) is 4. The highest BCUT2D eigenvalue weighted by molar-refractivity contribution is 6.07. The molecule has 1 saturated carbocycles. The third kappa shape index (κ3) is 4.34. The molecule has 2 aromatic carbocycles. The molecule has 2 aliphatic rings. The van der Waals surface area contributed by atoms with Gasteiger partial charge >= 0.3 is 0 Å². The predicted octanol–water partition coefficient (Wildman–Crippen LogP) is 5.06. The second-order valence-electron chi connectivity index (χ2n) is 9.43. The lowest BCUT2D eigenvalue weighted by Gasteiger charge is -2.38. The fourth-order valence-electron chi connectivity index (χ4n) is 4.66. The van der Waals surface area contributed by atoms with Gasteiger partial charge in [0, 0.05) is 42.7 Å². The van der Waals surface area contributed by atoms with Crippen LogP contribution in [0.15, 0.2) is 48.7 Å². The average Bonchev–Trinajstić information content (AvgIpc) is 3.20. The first kappa shape index (κ1) is 22.9. The molecule has 1 unspecified atom stereocenters. The lowest BCUT2D eigenvalue weighted by Crippen LogP contribution is -2.49. The van der Waals surface area contributed by atoms with Crippen LogP contribution in [-0.4, -0.2) is 46.5 Å². The Morgan fingerprint density at radius 2 is 2.00 bits per heavy atom. The van der Waals surface area contributed by atoms with Crippen molar-refractivity contribution < 1.29 is 14.3 Å². The average molecular weight is 471 g/mol. The second kappa shape index (κ2) is 9.41. The van der Waals surface area contributed by atoms with Crippen molar-refractivity contribution in [1.82, 2.24) is 15.2 Å². The van der Waals surface area contributed by atoms with Gasteiger partial charge in [0.25, 0.3) is 11.8 Å². The Morgan fingerprint density at radius 3 is 2.66 bits per heavy atom. The van der Waals surface area contributed by atoms with Gasteiger partial charge in [-0.3, -0.25) is 9.59 Å². The van der Waals surface area contributed by atoms with E-state index in [0.29, 0.717) is 28.3 Å². The van der Waals surface area contributed by atoms with Crippen molar-refractivity contribution >= 4 is 34.6 Å². The number of fused-ring (bicyclic) bond motifs is 1. The van der Waals surface area contributed by atoms with Crippen molar-refractivity contribution in [2.24, 2.45) is 0 Å². The number of rotatable bonds is 7. The highest BCUT2D eigenvalue weighted by atomic mass is 16.5. The van der Waals surface area contributed by atoms with Crippen LogP contribution >= 0.6 is 0 Å².